The van der Waals surface area contributed by atoms with E-state index in [-0.39, 0.29) is 12.5 Å². The van der Waals surface area contributed by atoms with Crippen LogP contribution in [-0.2, 0) is 4.79 Å². The van der Waals surface area contributed by atoms with Crippen LogP contribution in [-0.4, -0.2) is 42.1 Å². The summed E-state index contributed by atoms with van der Waals surface area (Å²) in [6.45, 7) is 1.76. The van der Waals surface area contributed by atoms with Crippen LogP contribution in [0.25, 0.3) is 0 Å². The lowest BCUT2D eigenvalue weighted by molar-refractivity contribution is -0.137. The number of aliphatic carboxylic acids is 1. The normalized spacial score (nSPS) is 9.76. The van der Waals surface area contributed by atoms with Crippen molar-refractivity contribution in [3.05, 3.63) is 29.8 Å². The van der Waals surface area contributed by atoms with Crippen LogP contribution < -0.4 is 4.74 Å². The van der Waals surface area contributed by atoms with E-state index in [2.05, 4.69) is 0 Å². The number of rotatable bonds is 5. The van der Waals surface area contributed by atoms with Gasteiger partial charge in [0.2, 0.25) is 0 Å². The van der Waals surface area contributed by atoms with Crippen molar-refractivity contribution >= 4 is 11.9 Å². The molecule has 0 spiro atoms. The zero-order valence-corrected chi connectivity index (χ0v) is 9.84. The molecule has 1 aromatic rings. The molecule has 0 heterocycles. The Kier molecular flexibility index (Phi) is 4.51. The molecular formula is C12H15NO4. The molecule has 17 heavy (non-hydrogen) atoms. The number of carbonyl (C=O) groups excluding carboxylic acids is 1. The van der Waals surface area contributed by atoms with Gasteiger partial charge in [0.15, 0.2) is 0 Å². The molecule has 0 fully saturated rings. The molecule has 5 nitrogen and oxygen atoms in total. The van der Waals surface area contributed by atoms with E-state index >= 15 is 0 Å². The number of likely N-dealkylation sites (N-methyl/N-ethyl adjacent to an activating group) is 1. The van der Waals surface area contributed by atoms with Crippen molar-refractivity contribution in [2.45, 2.75) is 6.92 Å². The molecule has 0 bridgehead atoms. The van der Waals surface area contributed by atoms with Crippen LogP contribution in [0.2, 0.25) is 0 Å². The van der Waals surface area contributed by atoms with Crippen molar-refractivity contribution in [1.29, 1.82) is 0 Å². The smallest absolute Gasteiger partial charge is 0.323 e. The molecule has 0 atom stereocenters. The van der Waals surface area contributed by atoms with E-state index < -0.39 is 5.97 Å². The van der Waals surface area contributed by atoms with E-state index in [0.29, 0.717) is 17.9 Å². The van der Waals surface area contributed by atoms with Crippen molar-refractivity contribution in [1.82, 2.24) is 4.90 Å². The first-order valence-electron chi connectivity index (χ1n) is 5.24. The second kappa shape index (κ2) is 5.89. The maximum absolute atomic E-state index is 12.1. The highest BCUT2D eigenvalue weighted by Gasteiger charge is 2.19. The topological polar surface area (TPSA) is 66.8 Å². The summed E-state index contributed by atoms with van der Waals surface area (Å²) in [6.07, 6.45) is 0. The van der Waals surface area contributed by atoms with Crippen LogP contribution in [0.3, 0.4) is 0 Å². The average Bonchev–Trinajstić information content (AvgIpc) is 2.34. The first kappa shape index (κ1) is 13.0. The van der Waals surface area contributed by atoms with Gasteiger partial charge in [-0.3, -0.25) is 9.59 Å². The summed E-state index contributed by atoms with van der Waals surface area (Å²) >= 11 is 0. The van der Waals surface area contributed by atoms with E-state index in [9.17, 15) is 9.59 Å². The molecule has 1 N–H and O–H groups in total. The summed E-state index contributed by atoms with van der Waals surface area (Å²) in [5.74, 6) is -0.927. The van der Waals surface area contributed by atoms with Crippen LogP contribution in [0.5, 0.6) is 5.75 Å². The number of para-hydroxylation sites is 1. The van der Waals surface area contributed by atoms with Gasteiger partial charge in [-0.1, -0.05) is 12.1 Å². The maximum atomic E-state index is 12.1. The number of nitrogens with zero attached hydrogens (tertiary/aromatic N) is 1. The summed E-state index contributed by atoms with van der Waals surface area (Å²) in [6, 6.07) is 6.75. The second-order valence-corrected chi connectivity index (χ2v) is 3.41. The van der Waals surface area contributed by atoms with E-state index in [1.807, 2.05) is 0 Å². The van der Waals surface area contributed by atoms with Crippen LogP contribution in [0.1, 0.15) is 17.3 Å². The van der Waals surface area contributed by atoms with Crippen molar-refractivity contribution in [2.24, 2.45) is 0 Å². The van der Waals surface area contributed by atoms with Gasteiger partial charge >= 0.3 is 5.97 Å². The Bertz CT molecular complexity index is 417. The van der Waals surface area contributed by atoms with E-state index in [1.165, 1.54) is 12.0 Å². The molecule has 5 heteroatoms. The minimum atomic E-state index is -1.03. The van der Waals surface area contributed by atoms with E-state index in [4.69, 9.17) is 9.84 Å². The Balaban J connectivity index is 2.97. The number of hydrogen-bond donors (Lipinski definition) is 1. The molecule has 0 saturated heterocycles. The highest BCUT2D eigenvalue weighted by atomic mass is 16.5. The number of methoxy groups -OCH3 is 1. The third kappa shape index (κ3) is 3.21. The molecule has 0 aliphatic carbocycles. The van der Waals surface area contributed by atoms with Gasteiger partial charge in [-0.15, -0.1) is 0 Å². The zero-order chi connectivity index (χ0) is 12.8. The minimum Gasteiger partial charge on any atom is -0.496 e. The van der Waals surface area contributed by atoms with Gasteiger partial charge in [-0.2, -0.15) is 0 Å². The summed E-state index contributed by atoms with van der Waals surface area (Å²) in [5, 5.41) is 8.71. The molecule has 1 rings (SSSR count). The Labute approximate surface area is 99.6 Å². The highest BCUT2D eigenvalue weighted by Crippen LogP contribution is 2.19. The molecule has 1 amide bonds. The Hall–Kier alpha value is -2.04. The summed E-state index contributed by atoms with van der Waals surface area (Å²) in [5.41, 5.74) is 0.373. The van der Waals surface area contributed by atoms with Gasteiger partial charge in [-0.25, -0.2) is 0 Å². The van der Waals surface area contributed by atoms with Crippen molar-refractivity contribution in [3.63, 3.8) is 0 Å². The lowest BCUT2D eigenvalue weighted by atomic mass is 10.1. The predicted molar refractivity (Wildman–Crippen MR) is 62.2 cm³/mol. The largest absolute Gasteiger partial charge is 0.496 e. The standard InChI is InChI=1S/C12H15NO4/c1-3-13(8-11(14)15)12(16)9-6-4-5-7-10(9)17-2/h4-7H,3,8H2,1-2H3,(H,14,15). The second-order valence-electron chi connectivity index (χ2n) is 3.41. The zero-order valence-electron chi connectivity index (χ0n) is 9.84. The fraction of sp³-hybridized carbons (Fsp3) is 0.333. The summed E-state index contributed by atoms with van der Waals surface area (Å²) in [4.78, 5) is 24.0. The fourth-order valence-corrected chi connectivity index (χ4v) is 1.48. The molecule has 0 aromatic heterocycles. The van der Waals surface area contributed by atoms with Gasteiger partial charge in [0, 0.05) is 6.54 Å². The predicted octanol–water partition coefficient (Wildman–Crippen LogP) is 1.24. The van der Waals surface area contributed by atoms with Gasteiger partial charge in [0.1, 0.15) is 12.3 Å². The monoisotopic (exact) mass is 237 g/mol. The van der Waals surface area contributed by atoms with Crippen LogP contribution >= 0.6 is 0 Å². The Morgan fingerprint density at radius 2 is 2.00 bits per heavy atom. The van der Waals surface area contributed by atoms with Crippen molar-refractivity contribution in [2.75, 3.05) is 20.2 Å². The molecule has 0 aliphatic rings. The summed E-state index contributed by atoms with van der Waals surface area (Å²) < 4.78 is 5.07. The number of benzene rings is 1. The van der Waals surface area contributed by atoms with Crippen LogP contribution in [0.15, 0.2) is 24.3 Å². The third-order valence-electron chi connectivity index (χ3n) is 2.33. The van der Waals surface area contributed by atoms with E-state index in [1.54, 1.807) is 31.2 Å². The quantitative estimate of drug-likeness (QED) is 0.836. The lowest BCUT2D eigenvalue weighted by Gasteiger charge is -2.19. The molecule has 0 unspecified atom stereocenters. The number of amides is 1. The number of ether oxygens (including phenoxy) is 1. The van der Waals surface area contributed by atoms with Gasteiger partial charge in [0.25, 0.3) is 5.91 Å². The van der Waals surface area contributed by atoms with E-state index in [0.717, 1.165) is 0 Å². The van der Waals surface area contributed by atoms with Crippen LogP contribution in [0, 0.1) is 0 Å². The van der Waals surface area contributed by atoms with Gasteiger partial charge < -0.3 is 14.7 Å². The first-order chi connectivity index (χ1) is 8.10. The fourth-order valence-electron chi connectivity index (χ4n) is 1.48. The number of carboxylic acid groups (broad SMARTS) is 1. The number of carbonyl (C=O) groups is 2. The first-order valence-corrected chi connectivity index (χ1v) is 5.24. The van der Waals surface area contributed by atoms with Crippen molar-refractivity contribution in [3.8, 4) is 5.75 Å². The van der Waals surface area contributed by atoms with Gasteiger partial charge in [0.05, 0.1) is 12.7 Å². The highest BCUT2D eigenvalue weighted by molar-refractivity contribution is 5.98. The lowest BCUT2D eigenvalue weighted by Crippen LogP contribution is -2.35. The maximum Gasteiger partial charge on any atom is 0.323 e. The SMILES string of the molecule is CCN(CC(=O)O)C(=O)c1ccccc1OC. The van der Waals surface area contributed by atoms with Crippen molar-refractivity contribution < 1.29 is 19.4 Å². The summed E-state index contributed by atoms with van der Waals surface area (Å²) in [7, 11) is 1.47. The third-order valence-corrected chi connectivity index (χ3v) is 2.33. The number of hydrogen-bond acceptors (Lipinski definition) is 3. The van der Waals surface area contributed by atoms with Crippen LogP contribution in [0.4, 0.5) is 0 Å². The Morgan fingerprint density at radius 1 is 1.35 bits per heavy atom. The molecule has 1 aromatic carbocycles. The Morgan fingerprint density at radius 3 is 2.53 bits per heavy atom. The molecule has 0 radical (unpaired) electrons. The van der Waals surface area contributed by atoms with Gasteiger partial charge in [-0.05, 0) is 19.1 Å². The molecule has 92 valence electrons. The number of carboxylic acids is 1. The molecule has 0 aliphatic heterocycles. The molecular weight excluding hydrogens is 222 g/mol. The molecule has 0 saturated carbocycles. The average molecular weight is 237 g/mol. The minimum absolute atomic E-state index is 0.312.